The Labute approximate surface area is 270 Å². The van der Waals surface area contributed by atoms with Crippen LogP contribution in [0.15, 0.2) is 66.7 Å². The summed E-state index contributed by atoms with van der Waals surface area (Å²) in [5, 5.41) is 15.6. The molecule has 2 aromatic carbocycles. The third-order valence-corrected chi connectivity index (χ3v) is 8.89. The van der Waals surface area contributed by atoms with Crippen LogP contribution >= 0.6 is 0 Å². The van der Waals surface area contributed by atoms with Gasteiger partial charge in [-0.25, -0.2) is 9.59 Å². The number of nitrogens with one attached hydrogen (secondary N) is 2. The van der Waals surface area contributed by atoms with Gasteiger partial charge >= 0.3 is 12.1 Å². The number of rotatable bonds is 6. The summed E-state index contributed by atoms with van der Waals surface area (Å²) in [7, 11) is 0. The Bertz CT molecular complexity index is 1450. The number of carboxylic acid groups (broad SMARTS) is 1. The maximum atomic E-state index is 14.2. The van der Waals surface area contributed by atoms with Gasteiger partial charge in [0.1, 0.15) is 23.2 Å². The molecule has 2 aromatic rings. The summed E-state index contributed by atoms with van der Waals surface area (Å²) >= 11 is 0. The van der Waals surface area contributed by atoms with Gasteiger partial charge in [-0.05, 0) is 63.1 Å². The van der Waals surface area contributed by atoms with Crippen molar-refractivity contribution in [3.8, 4) is 11.1 Å². The van der Waals surface area contributed by atoms with Crippen LogP contribution in [0.2, 0.25) is 0 Å². The van der Waals surface area contributed by atoms with E-state index < -0.39 is 53.2 Å². The number of fused-ring (bicyclic) bond motifs is 2. The number of hydrogen-bond acceptors (Lipinski definition) is 6. The molecule has 246 valence electrons. The highest BCUT2D eigenvalue weighted by molar-refractivity contribution is 5.96. The minimum absolute atomic E-state index is 0.125. The van der Waals surface area contributed by atoms with Gasteiger partial charge in [0.15, 0.2) is 0 Å². The number of amides is 3. The average Bonchev–Trinajstić information content (AvgIpc) is 3.54. The highest BCUT2D eigenvalue weighted by atomic mass is 16.6. The van der Waals surface area contributed by atoms with Crippen molar-refractivity contribution in [1.82, 2.24) is 15.5 Å². The normalized spacial score (nSPS) is 27.7. The fourth-order valence-corrected chi connectivity index (χ4v) is 6.39. The van der Waals surface area contributed by atoms with Gasteiger partial charge in [-0.1, -0.05) is 79.6 Å². The number of carboxylic acids is 1. The topological polar surface area (TPSA) is 134 Å². The first-order valence-corrected chi connectivity index (χ1v) is 16.2. The van der Waals surface area contributed by atoms with Crippen molar-refractivity contribution in [1.29, 1.82) is 0 Å². The predicted octanol–water partition coefficient (Wildman–Crippen LogP) is 5.21. The predicted molar refractivity (Wildman–Crippen MR) is 173 cm³/mol. The summed E-state index contributed by atoms with van der Waals surface area (Å²) < 4.78 is 11.8. The molecule has 2 fully saturated rings. The lowest BCUT2D eigenvalue weighted by Gasteiger charge is -2.30. The fraction of sp³-hybridized carbons (Fsp3) is 0.500. The number of benzene rings is 2. The molecule has 2 heterocycles. The minimum Gasteiger partial charge on any atom is -0.479 e. The van der Waals surface area contributed by atoms with Crippen molar-refractivity contribution < 1.29 is 33.8 Å². The SMILES string of the molecule is CC(C)(C)OC(=O)N[C@H]1CCCCC/C=C\[C@@H]2C[C@@]2(C(=O)O)NC(=O)[C@@H]2C[C@@H](OCc3ccccc3-c3ccccc3)CN2C1=O. The van der Waals surface area contributed by atoms with Crippen LogP contribution < -0.4 is 10.6 Å². The van der Waals surface area contributed by atoms with Crippen molar-refractivity contribution in [2.75, 3.05) is 6.54 Å². The number of alkyl carbamates (subject to hydrolysis) is 1. The molecule has 1 saturated carbocycles. The van der Waals surface area contributed by atoms with Crippen LogP contribution in [0, 0.1) is 5.92 Å². The molecule has 0 spiro atoms. The second-order valence-corrected chi connectivity index (χ2v) is 13.5. The van der Waals surface area contributed by atoms with Crippen LogP contribution in [0.1, 0.15) is 71.3 Å². The summed E-state index contributed by atoms with van der Waals surface area (Å²) in [6.45, 7) is 5.64. The average molecular weight is 632 g/mol. The van der Waals surface area contributed by atoms with Gasteiger partial charge in [-0.15, -0.1) is 0 Å². The molecule has 3 N–H and O–H groups in total. The minimum atomic E-state index is -1.40. The van der Waals surface area contributed by atoms with Gasteiger partial charge in [0.2, 0.25) is 11.8 Å². The number of carbonyl (C=O) groups is 4. The molecular formula is C36H45N3O7. The van der Waals surface area contributed by atoms with E-state index in [2.05, 4.69) is 10.6 Å². The van der Waals surface area contributed by atoms with E-state index in [-0.39, 0.29) is 25.5 Å². The Morgan fingerprint density at radius 3 is 2.52 bits per heavy atom. The smallest absolute Gasteiger partial charge is 0.408 e. The van der Waals surface area contributed by atoms with E-state index in [1.165, 1.54) is 4.90 Å². The number of nitrogens with zero attached hydrogens (tertiary/aromatic N) is 1. The molecular weight excluding hydrogens is 586 g/mol. The second-order valence-electron chi connectivity index (χ2n) is 13.5. The molecule has 0 unspecified atom stereocenters. The van der Waals surface area contributed by atoms with Gasteiger partial charge < -0.3 is 30.1 Å². The standard InChI is InChI=1S/C36H45N3O7/c1-35(2,3)46-34(44)37-29-19-11-6-4-5-10-17-26-21-36(26,33(42)43)38-31(40)30-20-27(22-39(30)32(29)41)45-23-25-16-12-13-18-28(25)24-14-8-7-9-15-24/h7-10,12-18,26-27,29-30H,4-6,11,19-23H2,1-3H3,(H,37,44)(H,38,40)(H,42,43)/b17-10-/t26-,27-,29+,30+,36-/m1/s1. The van der Waals surface area contributed by atoms with Gasteiger partial charge in [-0.2, -0.15) is 0 Å². The first-order chi connectivity index (χ1) is 22.0. The number of allylic oxidation sites excluding steroid dienone is 1. The van der Waals surface area contributed by atoms with Gasteiger partial charge in [0.25, 0.3) is 0 Å². The fourth-order valence-electron chi connectivity index (χ4n) is 6.39. The molecule has 5 rings (SSSR count). The van der Waals surface area contributed by atoms with E-state index in [1.807, 2.05) is 66.7 Å². The number of ether oxygens (including phenoxy) is 2. The molecule has 0 bridgehead atoms. The third-order valence-electron chi connectivity index (χ3n) is 8.89. The molecule has 0 aromatic heterocycles. The van der Waals surface area contributed by atoms with E-state index >= 15 is 0 Å². The number of carbonyl (C=O) groups excluding carboxylic acids is 3. The molecule has 2 aliphatic heterocycles. The van der Waals surface area contributed by atoms with E-state index in [4.69, 9.17) is 9.47 Å². The molecule has 3 amide bonds. The zero-order valence-corrected chi connectivity index (χ0v) is 26.9. The van der Waals surface area contributed by atoms with E-state index in [1.54, 1.807) is 20.8 Å². The molecule has 10 heteroatoms. The second kappa shape index (κ2) is 14.1. The lowest BCUT2D eigenvalue weighted by molar-refractivity contribution is -0.145. The van der Waals surface area contributed by atoms with Gasteiger partial charge in [-0.3, -0.25) is 9.59 Å². The molecule has 3 aliphatic rings. The van der Waals surface area contributed by atoms with Crippen LogP contribution in [-0.2, 0) is 30.5 Å². The van der Waals surface area contributed by atoms with Gasteiger partial charge in [0.05, 0.1) is 12.7 Å². The van der Waals surface area contributed by atoms with Crippen LogP contribution in [0.4, 0.5) is 4.79 Å². The van der Waals surface area contributed by atoms with Crippen LogP contribution in [0.5, 0.6) is 0 Å². The number of hydrogen-bond donors (Lipinski definition) is 3. The highest BCUT2D eigenvalue weighted by Crippen LogP contribution is 2.45. The highest BCUT2D eigenvalue weighted by Gasteiger charge is 2.61. The maximum Gasteiger partial charge on any atom is 0.408 e. The Morgan fingerprint density at radius 1 is 1.04 bits per heavy atom. The Hall–Kier alpha value is -4.18. The maximum absolute atomic E-state index is 14.2. The molecule has 46 heavy (non-hydrogen) atoms. The molecule has 1 saturated heterocycles. The lowest BCUT2D eigenvalue weighted by atomic mass is 10.0. The summed E-state index contributed by atoms with van der Waals surface area (Å²) in [4.78, 5) is 54.6. The first kappa shape index (κ1) is 33.2. The summed E-state index contributed by atoms with van der Waals surface area (Å²) in [5.74, 6) is -2.35. The summed E-state index contributed by atoms with van der Waals surface area (Å²) in [6.07, 6.45) is 6.67. The van der Waals surface area contributed by atoms with Crippen molar-refractivity contribution in [3.63, 3.8) is 0 Å². The number of aliphatic carboxylic acids is 1. The Kier molecular flexibility index (Phi) is 10.2. The Morgan fingerprint density at radius 2 is 1.78 bits per heavy atom. The Balaban J connectivity index is 1.39. The van der Waals surface area contributed by atoms with Crippen LogP contribution in [-0.4, -0.2) is 69.8 Å². The third kappa shape index (κ3) is 7.96. The van der Waals surface area contributed by atoms with Crippen molar-refractivity contribution in [2.45, 2.75) is 102 Å². The molecule has 1 aliphatic carbocycles. The quantitative estimate of drug-likeness (QED) is 0.373. The monoisotopic (exact) mass is 631 g/mol. The largest absolute Gasteiger partial charge is 0.479 e. The lowest BCUT2D eigenvalue weighted by Crippen LogP contribution is -2.56. The summed E-state index contributed by atoms with van der Waals surface area (Å²) in [6, 6.07) is 16.0. The van der Waals surface area contributed by atoms with Crippen LogP contribution in [0.25, 0.3) is 11.1 Å². The van der Waals surface area contributed by atoms with Crippen LogP contribution in [0.3, 0.4) is 0 Å². The van der Waals surface area contributed by atoms with E-state index in [0.717, 1.165) is 36.0 Å². The van der Waals surface area contributed by atoms with Crippen molar-refractivity contribution in [2.24, 2.45) is 5.92 Å². The zero-order chi connectivity index (χ0) is 32.9. The first-order valence-electron chi connectivity index (χ1n) is 16.2. The van der Waals surface area contributed by atoms with Crippen molar-refractivity contribution in [3.05, 3.63) is 72.3 Å². The zero-order valence-electron chi connectivity index (χ0n) is 26.9. The molecule has 0 radical (unpaired) electrons. The molecule has 5 atom stereocenters. The van der Waals surface area contributed by atoms with E-state index in [0.29, 0.717) is 19.3 Å². The molecule has 10 nitrogen and oxygen atoms in total. The van der Waals surface area contributed by atoms with Crippen molar-refractivity contribution >= 4 is 23.9 Å². The van der Waals surface area contributed by atoms with Gasteiger partial charge in [0, 0.05) is 18.9 Å². The summed E-state index contributed by atoms with van der Waals surface area (Å²) in [5.41, 5.74) is 0.900. The van der Waals surface area contributed by atoms with E-state index in [9.17, 15) is 24.3 Å².